The SMILES string of the molecule is CCC1(C)CCN(CC2C(O)C(C)(C)OC2(C)C)CC1. The molecule has 2 rings (SSSR count). The van der Waals surface area contributed by atoms with E-state index in [1.165, 1.54) is 19.3 Å². The number of aliphatic hydroxyl groups excluding tert-OH is 1. The molecule has 0 bridgehead atoms. The van der Waals surface area contributed by atoms with Crippen molar-refractivity contribution in [3.63, 3.8) is 0 Å². The van der Waals surface area contributed by atoms with E-state index >= 15 is 0 Å². The molecule has 0 aromatic carbocycles. The molecule has 0 aliphatic carbocycles. The average Bonchev–Trinajstić information content (AvgIpc) is 2.50. The fraction of sp³-hybridized carbons (Fsp3) is 1.00. The first-order valence-corrected chi connectivity index (χ1v) is 8.20. The summed E-state index contributed by atoms with van der Waals surface area (Å²) in [6, 6.07) is 0. The number of likely N-dealkylation sites (tertiary alicyclic amines) is 1. The number of hydrogen-bond acceptors (Lipinski definition) is 3. The molecule has 2 aliphatic rings. The predicted molar refractivity (Wildman–Crippen MR) is 82.8 cm³/mol. The summed E-state index contributed by atoms with van der Waals surface area (Å²) >= 11 is 0. The number of nitrogens with zero attached hydrogens (tertiary/aromatic N) is 1. The molecule has 118 valence electrons. The number of rotatable bonds is 3. The highest BCUT2D eigenvalue weighted by atomic mass is 16.5. The molecule has 0 aromatic heterocycles. The van der Waals surface area contributed by atoms with Crippen LogP contribution < -0.4 is 0 Å². The molecular formula is C17H33NO2. The Bertz CT molecular complexity index is 343. The Labute approximate surface area is 124 Å². The summed E-state index contributed by atoms with van der Waals surface area (Å²) < 4.78 is 6.09. The van der Waals surface area contributed by atoms with Gasteiger partial charge in [0.2, 0.25) is 0 Å². The maximum Gasteiger partial charge on any atom is 0.0896 e. The van der Waals surface area contributed by atoms with Crippen LogP contribution in [0.2, 0.25) is 0 Å². The second-order valence-corrected chi connectivity index (χ2v) is 8.33. The van der Waals surface area contributed by atoms with Gasteiger partial charge in [-0.15, -0.1) is 0 Å². The van der Waals surface area contributed by atoms with Gasteiger partial charge in [0.15, 0.2) is 0 Å². The van der Waals surface area contributed by atoms with E-state index in [2.05, 4.69) is 32.6 Å². The summed E-state index contributed by atoms with van der Waals surface area (Å²) in [5, 5.41) is 10.6. The third-order valence-corrected chi connectivity index (χ3v) is 5.88. The molecule has 0 aromatic rings. The van der Waals surface area contributed by atoms with Crippen molar-refractivity contribution in [3.05, 3.63) is 0 Å². The van der Waals surface area contributed by atoms with E-state index in [0.717, 1.165) is 19.6 Å². The lowest BCUT2D eigenvalue weighted by molar-refractivity contribution is -0.0915. The fourth-order valence-electron chi connectivity index (χ4n) is 3.91. The number of piperidine rings is 1. The quantitative estimate of drug-likeness (QED) is 0.864. The molecule has 2 saturated heterocycles. The van der Waals surface area contributed by atoms with Crippen LogP contribution in [0.4, 0.5) is 0 Å². The van der Waals surface area contributed by atoms with E-state index in [1.807, 2.05) is 13.8 Å². The molecular weight excluding hydrogens is 250 g/mol. The standard InChI is InChI=1S/C17H33NO2/c1-7-17(6)8-10-18(11-9-17)12-13-14(19)16(4,5)20-15(13,2)3/h13-14,19H,7-12H2,1-6H3. The summed E-state index contributed by atoms with van der Waals surface area (Å²) in [4.78, 5) is 2.53. The van der Waals surface area contributed by atoms with E-state index in [0.29, 0.717) is 5.41 Å². The minimum Gasteiger partial charge on any atom is -0.390 e. The molecule has 0 saturated carbocycles. The van der Waals surface area contributed by atoms with E-state index in [4.69, 9.17) is 4.74 Å². The van der Waals surface area contributed by atoms with Gasteiger partial charge in [-0.25, -0.2) is 0 Å². The summed E-state index contributed by atoms with van der Waals surface area (Å²) in [5.74, 6) is 0.198. The van der Waals surface area contributed by atoms with Crippen LogP contribution in [-0.2, 0) is 4.74 Å². The largest absolute Gasteiger partial charge is 0.390 e. The highest BCUT2D eigenvalue weighted by molar-refractivity contribution is 5.02. The van der Waals surface area contributed by atoms with Crippen molar-refractivity contribution in [2.75, 3.05) is 19.6 Å². The van der Waals surface area contributed by atoms with Crippen LogP contribution in [0.25, 0.3) is 0 Å². The first kappa shape index (κ1) is 16.3. The van der Waals surface area contributed by atoms with Gasteiger partial charge in [0.05, 0.1) is 17.3 Å². The Morgan fingerprint density at radius 2 is 1.60 bits per heavy atom. The van der Waals surface area contributed by atoms with E-state index in [9.17, 15) is 5.11 Å². The highest BCUT2D eigenvalue weighted by Gasteiger charge is 2.53. The van der Waals surface area contributed by atoms with Gasteiger partial charge in [-0.2, -0.15) is 0 Å². The van der Waals surface area contributed by atoms with Crippen molar-refractivity contribution in [1.82, 2.24) is 4.90 Å². The van der Waals surface area contributed by atoms with Crippen LogP contribution in [0, 0.1) is 11.3 Å². The lowest BCUT2D eigenvalue weighted by Gasteiger charge is -2.41. The minimum absolute atomic E-state index is 0.198. The Hall–Kier alpha value is -0.120. The van der Waals surface area contributed by atoms with Gasteiger partial charge in [-0.05, 0) is 59.0 Å². The van der Waals surface area contributed by atoms with Crippen LogP contribution in [0.1, 0.15) is 60.8 Å². The third-order valence-electron chi connectivity index (χ3n) is 5.88. The van der Waals surface area contributed by atoms with Gasteiger partial charge in [-0.1, -0.05) is 20.3 Å². The second kappa shape index (κ2) is 5.26. The van der Waals surface area contributed by atoms with Gasteiger partial charge >= 0.3 is 0 Å². The van der Waals surface area contributed by atoms with Crippen LogP contribution in [0.5, 0.6) is 0 Å². The second-order valence-electron chi connectivity index (χ2n) is 8.33. The normalized spacial score (nSPS) is 36.1. The van der Waals surface area contributed by atoms with Crippen molar-refractivity contribution in [2.45, 2.75) is 78.1 Å². The molecule has 2 fully saturated rings. The van der Waals surface area contributed by atoms with Crippen LogP contribution in [-0.4, -0.2) is 46.9 Å². The summed E-state index contributed by atoms with van der Waals surface area (Å²) in [5.41, 5.74) is -0.146. The fourth-order valence-corrected chi connectivity index (χ4v) is 3.91. The molecule has 3 heteroatoms. The van der Waals surface area contributed by atoms with Crippen molar-refractivity contribution in [2.24, 2.45) is 11.3 Å². The monoisotopic (exact) mass is 283 g/mol. The zero-order chi connectivity index (χ0) is 15.2. The summed E-state index contributed by atoms with van der Waals surface area (Å²) in [6.45, 7) is 16.2. The predicted octanol–water partition coefficient (Wildman–Crippen LogP) is 3.06. The van der Waals surface area contributed by atoms with Crippen LogP contribution in [0.15, 0.2) is 0 Å². The molecule has 0 radical (unpaired) electrons. The zero-order valence-electron chi connectivity index (χ0n) is 14.2. The molecule has 2 heterocycles. The van der Waals surface area contributed by atoms with Crippen molar-refractivity contribution in [3.8, 4) is 0 Å². The molecule has 2 unspecified atom stereocenters. The number of aliphatic hydroxyl groups is 1. The first-order valence-electron chi connectivity index (χ1n) is 8.20. The zero-order valence-corrected chi connectivity index (χ0v) is 14.2. The lowest BCUT2D eigenvalue weighted by Crippen LogP contribution is -2.47. The topological polar surface area (TPSA) is 32.7 Å². The minimum atomic E-state index is -0.429. The van der Waals surface area contributed by atoms with Gasteiger partial charge in [0.1, 0.15) is 0 Å². The van der Waals surface area contributed by atoms with Crippen LogP contribution >= 0.6 is 0 Å². The van der Waals surface area contributed by atoms with Gasteiger partial charge in [0.25, 0.3) is 0 Å². The summed E-state index contributed by atoms with van der Waals surface area (Å²) in [7, 11) is 0. The maximum absolute atomic E-state index is 10.6. The molecule has 1 N–H and O–H groups in total. The van der Waals surface area contributed by atoms with E-state index < -0.39 is 5.60 Å². The number of hydrogen-bond donors (Lipinski definition) is 1. The summed E-state index contributed by atoms with van der Waals surface area (Å²) in [6.07, 6.45) is 3.44. The first-order chi connectivity index (χ1) is 9.10. The van der Waals surface area contributed by atoms with Gasteiger partial charge in [0, 0.05) is 12.5 Å². The Morgan fingerprint density at radius 1 is 1.05 bits per heavy atom. The molecule has 2 atom stereocenters. The van der Waals surface area contributed by atoms with E-state index in [-0.39, 0.29) is 17.6 Å². The smallest absolute Gasteiger partial charge is 0.0896 e. The average molecular weight is 283 g/mol. The van der Waals surface area contributed by atoms with Crippen molar-refractivity contribution in [1.29, 1.82) is 0 Å². The van der Waals surface area contributed by atoms with Crippen molar-refractivity contribution < 1.29 is 9.84 Å². The van der Waals surface area contributed by atoms with Crippen LogP contribution in [0.3, 0.4) is 0 Å². The molecule has 0 spiro atoms. The Balaban J connectivity index is 1.97. The molecule has 2 aliphatic heterocycles. The van der Waals surface area contributed by atoms with Crippen molar-refractivity contribution >= 4 is 0 Å². The number of ether oxygens (including phenoxy) is 1. The Morgan fingerprint density at radius 3 is 2.00 bits per heavy atom. The molecule has 3 nitrogen and oxygen atoms in total. The highest BCUT2D eigenvalue weighted by Crippen LogP contribution is 2.43. The van der Waals surface area contributed by atoms with Gasteiger partial charge < -0.3 is 14.7 Å². The molecule has 0 amide bonds. The lowest BCUT2D eigenvalue weighted by atomic mass is 9.77. The Kier molecular flexibility index (Phi) is 4.27. The maximum atomic E-state index is 10.6. The third kappa shape index (κ3) is 3.05. The van der Waals surface area contributed by atoms with E-state index in [1.54, 1.807) is 0 Å². The molecule has 20 heavy (non-hydrogen) atoms. The van der Waals surface area contributed by atoms with Gasteiger partial charge in [-0.3, -0.25) is 0 Å².